The molecular weight excluding hydrogens is 334 g/mol. The predicted octanol–water partition coefficient (Wildman–Crippen LogP) is 1.71. The fourth-order valence-corrected chi connectivity index (χ4v) is 3.84. The van der Waals surface area contributed by atoms with E-state index in [1.54, 1.807) is 32.9 Å². The van der Waals surface area contributed by atoms with Crippen LogP contribution in [0.3, 0.4) is 0 Å². The van der Waals surface area contributed by atoms with Crippen molar-refractivity contribution in [2.24, 2.45) is 5.92 Å². The number of nitrogens with zero attached hydrogens (tertiary/aromatic N) is 2. The Morgan fingerprint density at radius 3 is 2.73 bits per heavy atom. The maximum absolute atomic E-state index is 12.5. The molecule has 0 radical (unpaired) electrons. The van der Waals surface area contributed by atoms with E-state index in [2.05, 4.69) is 5.32 Å². The third-order valence-electron chi connectivity index (χ3n) is 4.84. The van der Waals surface area contributed by atoms with Crippen LogP contribution >= 0.6 is 0 Å². The highest BCUT2D eigenvalue weighted by atomic mass is 16.6. The number of pyridine rings is 1. The van der Waals surface area contributed by atoms with E-state index in [1.165, 1.54) is 0 Å². The first-order valence-electron chi connectivity index (χ1n) is 9.17. The average molecular weight is 361 g/mol. The fraction of sp³-hybridized carbons (Fsp3) is 0.632. The van der Waals surface area contributed by atoms with Gasteiger partial charge >= 0.3 is 6.09 Å². The van der Waals surface area contributed by atoms with Gasteiger partial charge in [-0.2, -0.15) is 0 Å². The Morgan fingerprint density at radius 1 is 1.23 bits per heavy atom. The first-order chi connectivity index (χ1) is 12.2. The molecule has 1 aromatic heterocycles. The number of rotatable bonds is 3. The van der Waals surface area contributed by atoms with E-state index in [1.807, 2.05) is 15.5 Å². The van der Waals surface area contributed by atoms with Crippen LogP contribution in [0.4, 0.5) is 4.79 Å². The average Bonchev–Trinajstić information content (AvgIpc) is 2.54. The van der Waals surface area contributed by atoms with E-state index in [0.717, 1.165) is 12.1 Å². The number of aromatic nitrogens is 1. The second kappa shape index (κ2) is 7.13. The van der Waals surface area contributed by atoms with Crippen molar-refractivity contribution in [3.63, 3.8) is 0 Å². The summed E-state index contributed by atoms with van der Waals surface area (Å²) in [5.74, 6) is 0.547. The number of carbonyl (C=O) groups excluding carboxylic acids is 2. The standard InChI is InChI=1S/C19H27N3O4/c1-19(2,3)26-18(25)20-8-7-16(23)21-10-13-9-14(12-21)15-5-4-6-17(24)22(15)11-13/h4-6,13-14H,7-12H2,1-3H3,(H,20,25). The van der Waals surface area contributed by atoms with E-state index in [9.17, 15) is 14.4 Å². The molecule has 7 nitrogen and oxygen atoms in total. The van der Waals surface area contributed by atoms with Crippen molar-refractivity contribution in [2.45, 2.75) is 51.7 Å². The smallest absolute Gasteiger partial charge is 0.407 e. The number of likely N-dealkylation sites (tertiary alicyclic amines) is 1. The molecule has 2 amide bonds. The normalized spacial score (nSPS) is 21.7. The van der Waals surface area contributed by atoms with E-state index >= 15 is 0 Å². The van der Waals surface area contributed by atoms with Crippen LogP contribution in [-0.2, 0) is 16.1 Å². The summed E-state index contributed by atoms with van der Waals surface area (Å²) in [6, 6.07) is 5.37. The first-order valence-corrected chi connectivity index (χ1v) is 9.17. The Bertz CT molecular complexity index is 750. The van der Waals surface area contributed by atoms with Crippen molar-refractivity contribution < 1.29 is 14.3 Å². The van der Waals surface area contributed by atoms with Gasteiger partial charge in [0.2, 0.25) is 5.91 Å². The molecule has 26 heavy (non-hydrogen) atoms. The maximum Gasteiger partial charge on any atom is 0.407 e. The zero-order valence-corrected chi connectivity index (χ0v) is 15.7. The van der Waals surface area contributed by atoms with Gasteiger partial charge in [0.15, 0.2) is 0 Å². The quantitative estimate of drug-likeness (QED) is 0.889. The van der Waals surface area contributed by atoms with E-state index < -0.39 is 11.7 Å². The summed E-state index contributed by atoms with van der Waals surface area (Å²) in [7, 11) is 0. The molecule has 7 heteroatoms. The van der Waals surface area contributed by atoms with Crippen LogP contribution in [0.5, 0.6) is 0 Å². The van der Waals surface area contributed by atoms with Crippen molar-refractivity contribution >= 4 is 12.0 Å². The lowest BCUT2D eigenvalue weighted by Crippen LogP contribution is -2.49. The Morgan fingerprint density at radius 2 is 2.00 bits per heavy atom. The van der Waals surface area contributed by atoms with Crippen LogP contribution in [-0.4, -0.2) is 46.7 Å². The van der Waals surface area contributed by atoms with Crippen molar-refractivity contribution in [1.29, 1.82) is 0 Å². The molecule has 0 spiro atoms. The van der Waals surface area contributed by atoms with Gasteiger partial charge < -0.3 is 19.5 Å². The highest BCUT2D eigenvalue weighted by Crippen LogP contribution is 2.35. The van der Waals surface area contributed by atoms with Gasteiger partial charge in [-0.15, -0.1) is 0 Å². The van der Waals surface area contributed by atoms with Crippen molar-refractivity contribution in [1.82, 2.24) is 14.8 Å². The van der Waals surface area contributed by atoms with E-state index in [0.29, 0.717) is 25.6 Å². The molecule has 1 N–H and O–H groups in total. The summed E-state index contributed by atoms with van der Waals surface area (Å²) in [5, 5.41) is 2.63. The second-order valence-electron chi connectivity index (χ2n) is 8.18. The molecule has 2 unspecified atom stereocenters. The van der Waals surface area contributed by atoms with Crippen LogP contribution in [0, 0.1) is 5.92 Å². The minimum Gasteiger partial charge on any atom is -0.444 e. The summed E-state index contributed by atoms with van der Waals surface area (Å²) in [6.45, 7) is 7.63. The molecular formula is C19H27N3O4. The van der Waals surface area contributed by atoms with Crippen LogP contribution in [0.25, 0.3) is 0 Å². The molecule has 142 valence electrons. The number of hydrogen-bond donors (Lipinski definition) is 1. The summed E-state index contributed by atoms with van der Waals surface area (Å²) in [5.41, 5.74) is 0.515. The Labute approximate surface area is 153 Å². The number of ether oxygens (including phenoxy) is 1. The largest absolute Gasteiger partial charge is 0.444 e. The van der Waals surface area contributed by atoms with Gasteiger partial charge in [-0.25, -0.2) is 4.79 Å². The van der Waals surface area contributed by atoms with Crippen molar-refractivity contribution in [2.75, 3.05) is 19.6 Å². The second-order valence-corrected chi connectivity index (χ2v) is 8.18. The molecule has 2 aliphatic heterocycles. The molecule has 2 bridgehead atoms. The van der Waals surface area contributed by atoms with Gasteiger partial charge in [-0.3, -0.25) is 9.59 Å². The first kappa shape index (κ1) is 18.5. The minimum absolute atomic E-state index is 0.0301. The number of amides is 2. The van der Waals surface area contributed by atoms with Gasteiger partial charge in [0, 0.05) is 50.3 Å². The third kappa shape index (κ3) is 4.26. The van der Waals surface area contributed by atoms with E-state index in [-0.39, 0.29) is 30.3 Å². The molecule has 0 aliphatic carbocycles. The molecule has 3 heterocycles. The van der Waals surface area contributed by atoms with E-state index in [4.69, 9.17) is 4.74 Å². The number of nitrogens with one attached hydrogen (secondary N) is 1. The monoisotopic (exact) mass is 361 g/mol. The molecule has 0 saturated carbocycles. The number of fused-ring (bicyclic) bond motifs is 4. The number of piperidine rings is 1. The zero-order chi connectivity index (χ0) is 18.9. The lowest BCUT2D eigenvalue weighted by Gasteiger charge is -2.42. The van der Waals surface area contributed by atoms with Gasteiger partial charge in [0.05, 0.1) is 0 Å². The van der Waals surface area contributed by atoms with Gasteiger partial charge in [0.25, 0.3) is 5.56 Å². The molecule has 0 aromatic carbocycles. The van der Waals surface area contributed by atoms with Crippen LogP contribution < -0.4 is 10.9 Å². The lowest BCUT2D eigenvalue weighted by atomic mass is 9.83. The summed E-state index contributed by atoms with van der Waals surface area (Å²) in [4.78, 5) is 38.1. The predicted molar refractivity (Wildman–Crippen MR) is 97.0 cm³/mol. The molecule has 1 fully saturated rings. The Hall–Kier alpha value is -2.31. The summed E-state index contributed by atoms with van der Waals surface area (Å²) < 4.78 is 7.02. The molecule has 2 atom stereocenters. The number of carbonyl (C=O) groups is 2. The number of hydrogen-bond acceptors (Lipinski definition) is 4. The summed E-state index contributed by atoms with van der Waals surface area (Å²) >= 11 is 0. The number of alkyl carbamates (subject to hydrolysis) is 1. The molecule has 1 aromatic rings. The molecule has 1 saturated heterocycles. The molecule has 2 aliphatic rings. The fourth-order valence-electron chi connectivity index (χ4n) is 3.84. The van der Waals surface area contributed by atoms with Gasteiger partial charge in [-0.1, -0.05) is 6.07 Å². The zero-order valence-electron chi connectivity index (χ0n) is 15.7. The van der Waals surface area contributed by atoms with Crippen LogP contribution in [0.2, 0.25) is 0 Å². The lowest BCUT2D eigenvalue weighted by molar-refractivity contribution is -0.133. The summed E-state index contributed by atoms with van der Waals surface area (Å²) in [6.07, 6.45) is 0.762. The van der Waals surface area contributed by atoms with Crippen molar-refractivity contribution in [3.8, 4) is 0 Å². The van der Waals surface area contributed by atoms with Crippen LogP contribution in [0.15, 0.2) is 23.0 Å². The van der Waals surface area contributed by atoms with Gasteiger partial charge in [-0.05, 0) is 39.2 Å². The third-order valence-corrected chi connectivity index (χ3v) is 4.84. The maximum atomic E-state index is 12.5. The van der Waals surface area contributed by atoms with Crippen molar-refractivity contribution in [3.05, 3.63) is 34.2 Å². The highest BCUT2D eigenvalue weighted by molar-refractivity contribution is 5.77. The van der Waals surface area contributed by atoms with Crippen LogP contribution in [0.1, 0.15) is 45.2 Å². The molecule has 3 rings (SSSR count). The Balaban J connectivity index is 1.55. The Kier molecular flexibility index (Phi) is 5.07. The minimum atomic E-state index is -0.552. The highest BCUT2D eigenvalue weighted by Gasteiger charge is 2.35. The topological polar surface area (TPSA) is 80.6 Å². The van der Waals surface area contributed by atoms with Gasteiger partial charge in [0.1, 0.15) is 5.60 Å². The SMILES string of the molecule is CC(C)(C)OC(=O)NCCC(=O)N1CC2CC(C1)c1cccc(=O)n1C2.